The summed E-state index contributed by atoms with van der Waals surface area (Å²) < 4.78 is 38.2. The summed E-state index contributed by atoms with van der Waals surface area (Å²) in [6.07, 6.45) is 2.81. The minimum absolute atomic E-state index is 0.183. The Hall–Kier alpha value is -4.66. The second-order valence-corrected chi connectivity index (χ2v) is 7.96. The van der Waals surface area contributed by atoms with E-state index in [9.17, 15) is 10.1 Å². The average molecular weight is 505 g/mol. The summed E-state index contributed by atoms with van der Waals surface area (Å²) in [5.41, 5.74) is 0.898. The highest BCUT2D eigenvalue weighted by atomic mass is 19.1. The van der Waals surface area contributed by atoms with Crippen LogP contribution in [-0.2, 0) is 11.3 Å². The lowest BCUT2D eigenvalue weighted by Crippen LogP contribution is -2.00. The fourth-order valence-corrected chi connectivity index (χ4v) is 3.75. The maximum Gasteiger partial charge on any atom is 0.279 e. The first-order chi connectivity index (χ1) is 17.9. The summed E-state index contributed by atoms with van der Waals surface area (Å²) >= 11 is 0. The maximum atomic E-state index is 15.5. The number of hydrogen-bond donors (Lipinski definition) is 0. The Labute approximate surface area is 213 Å². The normalized spacial score (nSPS) is 11.3. The van der Waals surface area contributed by atoms with Gasteiger partial charge in [0.25, 0.3) is 5.69 Å². The van der Waals surface area contributed by atoms with E-state index in [-0.39, 0.29) is 11.3 Å². The lowest BCUT2D eigenvalue weighted by Gasteiger charge is -2.15. The molecule has 0 amide bonds. The van der Waals surface area contributed by atoms with E-state index in [2.05, 4.69) is 4.98 Å². The first kappa shape index (κ1) is 25.4. The number of methoxy groups -OCH3 is 1. The van der Waals surface area contributed by atoms with Crippen molar-refractivity contribution in [2.45, 2.75) is 20.5 Å². The smallest absolute Gasteiger partial charge is 0.279 e. The highest BCUT2D eigenvalue weighted by molar-refractivity contribution is 5.88. The van der Waals surface area contributed by atoms with Gasteiger partial charge in [-0.05, 0) is 43.7 Å². The molecule has 4 rings (SSSR count). The zero-order chi connectivity index (χ0) is 26.4. The first-order valence-corrected chi connectivity index (χ1v) is 11.5. The summed E-state index contributed by atoms with van der Waals surface area (Å²) in [5.74, 6) is 0.501. The first-order valence-electron chi connectivity index (χ1n) is 11.5. The molecule has 0 N–H and O–H groups in total. The summed E-state index contributed by atoms with van der Waals surface area (Å²) in [7, 11) is 1.52. The van der Waals surface area contributed by atoms with E-state index in [1.54, 1.807) is 32.0 Å². The fraction of sp³-hybridized carbons (Fsp3) is 0.179. The molecule has 1 aromatic heterocycles. The minimum atomic E-state index is -0.881. The van der Waals surface area contributed by atoms with Crippen LogP contribution in [0.25, 0.3) is 17.0 Å². The topological polar surface area (TPSA) is 93.0 Å². The fourth-order valence-electron chi connectivity index (χ4n) is 3.75. The van der Waals surface area contributed by atoms with Crippen LogP contribution in [0.4, 0.5) is 10.1 Å². The molecule has 0 fully saturated rings. The number of aromatic nitrogens is 1. The lowest BCUT2D eigenvalue weighted by molar-refractivity contribution is -0.385. The predicted octanol–water partition coefficient (Wildman–Crippen LogP) is 7.06. The van der Waals surface area contributed by atoms with Gasteiger partial charge in [0.2, 0.25) is 0 Å². The van der Waals surface area contributed by atoms with E-state index < -0.39 is 16.4 Å². The maximum absolute atomic E-state index is 15.5. The van der Waals surface area contributed by atoms with Gasteiger partial charge in [0.15, 0.2) is 23.1 Å². The van der Waals surface area contributed by atoms with Crippen molar-refractivity contribution in [3.05, 3.63) is 99.7 Å². The minimum Gasteiger partial charge on any atom is -0.498 e. The predicted molar refractivity (Wildman–Crippen MR) is 137 cm³/mol. The second kappa shape index (κ2) is 11.4. The second-order valence-electron chi connectivity index (χ2n) is 7.96. The zero-order valence-electron chi connectivity index (χ0n) is 20.6. The molecule has 9 heteroatoms. The van der Waals surface area contributed by atoms with Gasteiger partial charge in [-0.2, -0.15) is 0 Å². The molecule has 0 atom stereocenters. The van der Waals surface area contributed by atoms with E-state index in [4.69, 9.17) is 18.9 Å². The summed E-state index contributed by atoms with van der Waals surface area (Å²) in [5, 5.41) is 12.0. The molecule has 0 aliphatic carbocycles. The molecule has 0 aliphatic rings. The van der Waals surface area contributed by atoms with Gasteiger partial charge in [0.05, 0.1) is 35.5 Å². The van der Waals surface area contributed by atoms with Crippen molar-refractivity contribution in [1.82, 2.24) is 4.98 Å². The van der Waals surface area contributed by atoms with E-state index in [1.165, 1.54) is 31.5 Å². The van der Waals surface area contributed by atoms with Gasteiger partial charge in [-0.1, -0.05) is 30.3 Å². The van der Waals surface area contributed by atoms with E-state index in [1.807, 2.05) is 30.3 Å². The van der Waals surface area contributed by atoms with Crippen LogP contribution in [-0.4, -0.2) is 23.6 Å². The van der Waals surface area contributed by atoms with Gasteiger partial charge in [0.1, 0.15) is 12.4 Å². The van der Waals surface area contributed by atoms with Gasteiger partial charge in [-0.15, -0.1) is 0 Å². The Balaban J connectivity index is 1.71. The van der Waals surface area contributed by atoms with Gasteiger partial charge in [-0.25, -0.2) is 4.39 Å². The quantitative estimate of drug-likeness (QED) is 0.130. The van der Waals surface area contributed by atoms with Crippen LogP contribution in [0.3, 0.4) is 0 Å². The van der Waals surface area contributed by atoms with Gasteiger partial charge >= 0.3 is 0 Å². The monoisotopic (exact) mass is 504 g/mol. The Morgan fingerprint density at radius 2 is 1.84 bits per heavy atom. The van der Waals surface area contributed by atoms with Crippen LogP contribution in [0.5, 0.6) is 23.0 Å². The molecular weight excluding hydrogens is 479 g/mol. The van der Waals surface area contributed by atoms with Crippen LogP contribution in [0.1, 0.15) is 25.0 Å². The van der Waals surface area contributed by atoms with Crippen molar-refractivity contribution < 1.29 is 28.3 Å². The molecule has 0 bridgehead atoms. The number of nitro groups is 1. The SMILES string of the molecule is CCOC(C)=Cc1c([N+](=O)[O-])ccc(Oc2ccnc3cc(OCc4ccccc4)c(OC)cc23)c1F. The third kappa shape index (κ3) is 5.78. The van der Waals surface area contributed by atoms with E-state index in [0.717, 1.165) is 5.56 Å². The molecule has 0 saturated heterocycles. The van der Waals surface area contributed by atoms with Crippen LogP contribution < -0.4 is 14.2 Å². The lowest BCUT2D eigenvalue weighted by atomic mass is 10.1. The van der Waals surface area contributed by atoms with Crippen molar-refractivity contribution in [2.24, 2.45) is 0 Å². The number of benzene rings is 3. The van der Waals surface area contributed by atoms with Gasteiger partial charge < -0.3 is 18.9 Å². The number of hydrogen-bond acceptors (Lipinski definition) is 7. The molecule has 4 aromatic rings. The number of nitro benzene ring substituents is 1. The molecule has 37 heavy (non-hydrogen) atoms. The molecule has 0 unspecified atom stereocenters. The molecule has 0 radical (unpaired) electrons. The van der Waals surface area contributed by atoms with Gasteiger partial charge in [-0.3, -0.25) is 15.1 Å². The highest BCUT2D eigenvalue weighted by Gasteiger charge is 2.22. The van der Waals surface area contributed by atoms with Crippen LogP contribution >= 0.6 is 0 Å². The number of ether oxygens (including phenoxy) is 4. The van der Waals surface area contributed by atoms with Crippen molar-refractivity contribution >= 4 is 22.7 Å². The average Bonchev–Trinajstić information content (AvgIpc) is 2.90. The summed E-state index contributed by atoms with van der Waals surface area (Å²) in [6.45, 7) is 4.04. The number of halogens is 1. The third-order valence-corrected chi connectivity index (χ3v) is 5.48. The number of nitrogens with zero attached hydrogens (tertiary/aromatic N) is 2. The molecular formula is C28H25FN2O6. The molecule has 0 saturated carbocycles. The van der Waals surface area contributed by atoms with Crippen molar-refractivity contribution in [3.8, 4) is 23.0 Å². The van der Waals surface area contributed by atoms with E-state index in [0.29, 0.717) is 47.1 Å². The Kier molecular flexibility index (Phi) is 7.83. The zero-order valence-corrected chi connectivity index (χ0v) is 20.6. The third-order valence-electron chi connectivity index (χ3n) is 5.48. The molecule has 1 heterocycles. The Morgan fingerprint density at radius 1 is 1.05 bits per heavy atom. The van der Waals surface area contributed by atoms with Crippen LogP contribution in [0, 0.1) is 15.9 Å². The van der Waals surface area contributed by atoms with Crippen LogP contribution in [0.15, 0.2) is 72.6 Å². The largest absolute Gasteiger partial charge is 0.498 e. The van der Waals surface area contributed by atoms with Gasteiger partial charge in [0, 0.05) is 23.7 Å². The number of fused-ring (bicyclic) bond motifs is 1. The Morgan fingerprint density at radius 3 is 2.54 bits per heavy atom. The highest BCUT2D eigenvalue weighted by Crippen LogP contribution is 2.39. The molecule has 8 nitrogen and oxygen atoms in total. The van der Waals surface area contributed by atoms with Crippen molar-refractivity contribution in [1.29, 1.82) is 0 Å². The number of allylic oxidation sites excluding steroid dienone is 1. The van der Waals surface area contributed by atoms with Crippen LogP contribution in [0.2, 0.25) is 0 Å². The standard InChI is InChI=1S/C28H25FN2O6/c1-4-35-18(2)14-21-23(31(32)33)10-11-25(28(21)29)37-24-12-13-30-22-16-27(26(34-3)15-20(22)24)36-17-19-8-6-5-7-9-19/h5-16H,4,17H2,1-3H3. The molecule has 190 valence electrons. The molecule has 3 aromatic carbocycles. The van der Waals surface area contributed by atoms with E-state index >= 15 is 4.39 Å². The molecule has 0 aliphatic heterocycles. The number of pyridine rings is 1. The number of rotatable bonds is 10. The summed E-state index contributed by atoms with van der Waals surface area (Å²) in [6, 6.07) is 17.1. The Bertz CT molecular complexity index is 1460. The molecule has 0 spiro atoms. The summed E-state index contributed by atoms with van der Waals surface area (Å²) in [4.78, 5) is 15.2. The van der Waals surface area contributed by atoms with Crippen molar-refractivity contribution in [3.63, 3.8) is 0 Å². The van der Waals surface area contributed by atoms with Crippen molar-refractivity contribution in [2.75, 3.05) is 13.7 Å².